The van der Waals surface area contributed by atoms with Crippen LogP contribution >= 0.6 is 0 Å². The van der Waals surface area contributed by atoms with E-state index in [2.05, 4.69) is 33.8 Å². The molecule has 1 spiro atoms. The number of anilines is 1. The number of amides is 1. The van der Waals surface area contributed by atoms with Gasteiger partial charge in [-0.05, 0) is 105 Å². The van der Waals surface area contributed by atoms with Crippen molar-refractivity contribution >= 4 is 28.6 Å². The number of carbonyl (C=O) groups is 2. The van der Waals surface area contributed by atoms with Crippen molar-refractivity contribution in [2.24, 2.45) is 5.41 Å². The number of ether oxygens (including phenoxy) is 1. The number of carbonyl (C=O) groups excluding carboxylic acids is 2. The molecule has 9 heteroatoms. The first kappa shape index (κ1) is 28.9. The molecule has 43 heavy (non-hydrogen) atoms. The van der Waals surface area contributed by atoms with Crippen molar-refractivity contribution in [3.63, 3.8) is 0 Å². The molecule has 6 rings (SSSR count). The Labute approximate surface area is 249 Å². The molecule has 0 saturated carbocycles. The minimum Gasteiger partial charge on any atom is -0.466 e. The lowest BCUT2D eigenvalue weighted by molar-refractivity contribution is -0.153. The highest BCUT2D eigenvalue weighted by Crippen LogP contribution is 2.47. The van der Waals surface area contributed by atoms with Crippen molar-refractivity contribution in [3.05, 3.63) is 100 Å². The van der Waals surface area contributed by atoms with Crippen LogP contribution in [0.1, 0.15) is 67.5 Å². The highest BCUT2D eigenvalue weighted by atomic mass is 19.1. The molecule has 4 aromatic rings. The Kier molecular flexibility index (Phi) is 7.46. The Balaban J connectivity index is 1.23. The first-order valence-corrected chi connectivity index (χ1v) is 14.6. The minimum atomic E-state index is -0.753. The second kappa shape index (κ2) is 11.1. The van der Waals surface area contributed by atoms with E-state index in [1.807, 2.05) is 26.0 Å². The molecule has 2 aromatic carbocycles. The monoisotopic (exact) mass is 584 g/mol. The molecule has 0 saturated heterocycles. The van der Waals surface area contributed by atoms with Crippen molar-refractivity contribution in [2.45, 2.75) is 64.5 Å². The van der Waals surface area contributed by atoms with Gasteiger partial charge in [0.15, 0.2) is 0 Å². The Hall–Kier alpha value is -4.24. The van der Waals surface area contributed by atoms with E-state index in [1.54, 1.807) is 19.3 Å². The number of halogens is 2. The normalized spacial score (nSPS) is 18.0. The molecule has 0 fully saturated rings. The zero-order valence-corrected chi connectivity index (χ0v) is 24.5. The predicted octanol–water partition coefficient (Wildman–Crippen LogP) is 6.10. The van der Waals surface area contributed by atoms with E-state index in [1.165, 1.54) is 12.1 Å². The van der Waals surface area contributed by atoms with Gasteiger partial charge in [-0.2, -0.15) is 0 Å². The van der Waals surface area contributed by atoms with Gasteiger partial charge in [-0.1, -0.05) is 6.07 Å². The number of hydrogen-bond acceptors (Lipinski definition) is 6. The number of rotatable bonds is 9. The van der Waals surface area contributed by atoms with E-state index < -0.39 is 28.5 Å². The largest absolute Gasteiger partial charge is 0.466 e. The van der Waals surface area contributed by atoms with Crippen LogP contribution in [0.3, 0.4) is 0 Å². The zero-order valence-electron chi connectivity index (χ0n) is 24.5. The Bertz CT molecular complexity index is 1720. The maximum Gasteiger partial charge on any atom is 0.311 e. The molecule has 0 unspecified atom stereocenters. The summed E-state index contributed by atoms with van der Waals surface area (Å²) < 4.78 is 33.6. The van der Waals surface area contributed by atoms with Crippen molar-refractivity contribution in [1.82, 2.24) is 15.3 Å². The number of esters is 1. The first-order chi connectivity index (χ1) is 20.6. The van der Waals surface area contributed by atoms with Crippen molar-refractivity contribution in [1.29, 1.82) is 0 Å². The number of nitrogens with zero attached hydrogens (tertiary/aromatic N) is 2. The van der Waals surface area contributed by atoms with Crippen LogP contribution in [0.5, 0.6) is 0 Å². The lowest BCUT2D eigenvalue weighted by Gasteiger charge is -2.26. The fourth-order valence-electron chi connectivity index (χ4n) is 6.38. The average molecular weight is 585 g/mol. The standard InChI is InChI=1S/C34H34F2N4O3/c1-4-43-32(42)33(2,3)8-7-28(22-12-25(35)15-26(36)13-22)38-18-20-10-21-11-23-16-34(17-24(23)14-29(21)39-19-20)27-6-5-9-37-30(27)40-31(34)41/h5-6,9-15,19,28,38H,4,7-8,16-18H2,1-3H3,(H,37,40,41)/t28-,34-/m0/s1. The van der Waals surface area contributed by atoms with Crippen LogP contribution in [-0.4, -0.2) is 28.5 Å². The van der Waals surface area contributed by atoms with Crippen LogP contribution < -0.4 is 10.6 Å². The van der Waals surface area contributed by atoms with Crippen molar-refractivity contribution in [3.8, 4) is 0 Å². The van der Waals surface area contributed by atoms with Gasteiger partial charge >= 0.3 is 5.97 Å². The van der Waals surface area contributed by atoms with Gasteiger partial charge in [-0.15, -0.1) is 0 Å². The molecule has 3 heterocycles. The third kappa shape index (κ3) is 5.49. The van der Waals surface area contributed by atoms with Crippen LogP contribution in [0.15, 0.2) is 60.9 Å². The van der Waals surface area contributed by atoms with Crippen molar-refractivity contribution < 1.29 is 23.1 Å². The quantitative estimate of drug-likeness (QED) is 0.231. The summed E-state index contributed by atoms with van der Waals surface area (Å²) in [6.07, 6.45) is 5.59. The molecule has 1 aliphatic heterocycles. The SMILES string of the molecule is CCOC(=O)C(C)(C)CC[C@H](NCc1cnc2cc3c(cc2c1)C[C@@]1(C3)C(=O)Nc2ncccc21)c1cc(F)cc(F)c1. The summed E-state index contributed by atoms with van der Waals surface area (Å²) in [5.41, 5.74) is 3.96. The molecule has 1 aliphatic carbocycles. The lowest BCUT2D eigenvalue weighted by atomic mass is 9.79. The van der Waals surface area contributed by atoms with Gasteiger partial charge < -0.3 is 15.4 Å². The molecular weight excluding hydrogens is 550 g/mol. The maximum atomic E-state index is 14.2. The smallest absolute Gasteiger partial charge is 0.311 e. The summed E-state index contributed by atoms with van der Waals surface area (Å²) >= 11 is 0. The summed E-state index contributed by atoms with van der Waals surface area (Å²) in [6, 6.07) is 13.1. The molecule has 2 atom stereocenters. The molecule has 1 amide bonds. The molecule has 7 nitrogen and oxygen atoms in total. The van der Waals surface area contributed by atoms with E-state index in [9.17, 15) is 18.4 Å². The molecular formula is C34H34F2N4O3. The third-order valence-electron chi connectivity index (χ3n) is 8.76. The molecule has 2 aliphatic rings. The summed E-state index contributed by atoms with van der Waals surface area (Å²) in [5.74, 6) is -0.998. The third-order valence-corrected chi connectivity index (χ3v) is 8.76. The lowest BCUT2D eigenvalue weighted by Crippen LogP contribution is -2.35. The van der Waals surface area contributed by atoms with Gasteiger partial charge in [0.2, 0.25) is 5.91 Å². The Morgan fingerprint density at radius 1 is 1.09 bits per heavy atom. The Morgan fingerprint density at radius 2 is 1.84 bits per heavy atom. The number of pyridine rings is 2. The van der Waals surface area contributed by atoms with Gasteiger partial charge in [0.1, 0.15) is 17.5 Å². The summed E-state index contributed by atoms with van der Waals surface area (Å²) in [7, 11) is 0. The topological polar surface area (TPSA) is 93.2 Å². The van der Waals surface area contributed by atoms with E-state index in [4.69, 9.17) is 9.72 Å². The van der Waals surface area contributed by atoms with E-state index in [0.29, 0.717) is 43.6 Å². The summed E-state index contributed by atoms with van der Waals surface area (Å²) in [4.78, 5) is 34.7. The van der Waals surface area contributed by atoms with Crippen molar-refractivity contribution in [2.75, 3.05) is 11.9 Å². The second-order valence-electron chi connectivity index (χ2n) is 12.2. The zero-order chi connectivity index (χ0) is 30.4. The number of aromatic nitrogens is 2. The van der Waals surface area contributed by atoms with Gasteiger partial charge in [0.05, 0.1) is 23.0 Å². The number of nitrogens with one attached hydrogen (secondary N) is 2. The summed E-state index contributed by atoms with van der Waals surface area (Å²) in [6.45, 7) is 6.08. The minimum absolute atomic E-state index is 0.0229. The van der Waals surface area contributed by atoms with Crippen LogP contribution in [0.2, 0.25) is 0 Å². The maximum absolute atomic E-state index is 14.2. The molecule has 0 bridgehead atoms. The van der Waals surface area contributed by atoms with Gasteiger partial charge in [0.25, 0.3) is 0 Å². The van der Waals surface area contributed by atoms with Gasteiger partial charge in [-0.3, -0.25) is 14.6 Å². The predicted molar refractivity (Wildman–Crippen MR) is 159 cm³/mol. The number of benzene rings is 2. The van der Waals surface area contributed by atoms with Crippen LogP contribution in [-0.2, 0) is 39.1 Å². The fraction of sp³-hybridized carbons (Fsp3) is 0.353. The summed E-state index contributed by atoms with van der Waals surface area (Å²) in [5, 5.41) is 7.34. The van der Waals surface area contributed by atoms with E-state index in [-0.39, 0.29) is 18.5 Å². The molecule has 0 radical (unpaired) electrons. The highest BCUT2D eigenvalue weighted by Gasteiger charge is 2.51. The number of hydrogen-bond donors (Lipinski definition) is 2. The molecule has 222 valence electrons. The van der Waals surface area contributed by atoms with E-state index in [0.717, 1.165) is 39.2 Å². The van der Waals surface area contributed by atoms with Gasteiger partial charge in [0, 0.05) is 42.0 Å². The van der Waals surface area contributed by atoms with E-state index >= 15 is 0 Å². The highest BCUT2D eigenvalue weighted by molar-refractivity contribution is 6.06. The second-order valence-corrected chi connectivity index (χ2v) is 12.2. The number of fused-ring (bicyclic) bond motifs is 4. The van der Waals surface area contributed by atoms with Crippen LogP contribution in [0.4, 0.5) is 14.6 Å². The van der Waals surface area contributed by atoms with Gasteiger partial charge in [-0.25, -0.2) is 13.8 Å². The molecule has 2 N–H and O–H groups in total. The fourth-order valence-corrected chi connectivity index (χ4v) is 6.38. The Morgan fingerprint density at radius 3 is 2.58 bits per heavy atom. The molecule has 2 aromatic heterocycles. The first-order valence-electron chi connectivity index (χ1n) is 14.6. The van der Waals surface area contributed by atoms with Crippen LogP contribution in [0.25, 0.3) is 10.9 Å². The van der Waals surface area contributed by atoms with Crippen LogP contribution in [0, 0.1) is 17.0 Å². The average Bonchev–Trinajstić information content (AvgIpc) is 3.47.